The Morgan fingerprint density at radius 1 is 1.30 bits per heavy atom. The summed E-state index contributed by atoms with van der Waals surface area (Å²) < 4.78 is 11.4. The van der Waals surface area contributed by atoms with Crippen molar-refractivity contribution in [1.29, 1.82) is 0 Å². The zero-order valence-electron chi connectivity index (χ0n) is 14.8. The van der Waals surface area contributed by atoms with Gasteiger partial charge in [-0.3, -0.25) is 4.79 Å². The fraction of sp³-hybridized carbons (Fsp3) is 0.222. The molecule has 0 spiro atoms. The summed E-state index contributed by atoms with van der Waals surface area (Å²) in [6.45, 7) is 1.73. The van der Waals surface area contributed by atoms with Crippen molar-refractivity contribution in [2.24, 2.45) is 5.10 Å². The number of hydrogen-bond acceptors (Lipinski definition) is 8. The lowest BCUT2D eigenvalue weighted by Crippen LogP contribution is -2.25. The number of nitrogens with zero attached hydrogens (tertiary/aromatic N) is 3. The molecule has 1 aromatic carbocycles. The number of thioether (sulfide) groups is 1. The number of thiophene rings is 1. The Balaban J connectivity index is 1.89. The van der Waals surface area contributed by atoms with E-state index in [0.717, 1.165) is 17.0 Å². The van der Waals surface area contributed by atoms with Gasteiger partial charge in [-0.25, -0.2) is 9.78 Å². The predicted octanol–water partition coefficient (Wildman–Crippen LogP) is 2.92. The second-order valence-electron chi connectivity index (χ2n) is 5.81. The van der Waals surface area contributed by atoms with E-state index in [1.807, 2.05) is 24.3 Å². The van der Waals surface area contributed by atoms with Gasteiger partial charge in [-0.1, -0.05) is 23.9 Å². The molecular formula is C18H15N3O4S2. The van der Waals surface area contributed by atoms with Gasteiger partial charge in [-0.2, -0.15) is 9.78 Å². The lowest BCUT2D eigenvalue weighted by molar-refractivity contribution is 0.0605. The molecule has 0 radical (unpaired) electrons. The third-order valence-electron chi connectivity index (χ3n) is 4.25. The molecule has 4 rings (SSSR count). The molecule has 0 unspecified atom stereocenters. The van der Waals surface area contributed by atoms with E-state index >= 15 is 0 Å². The van der Waals surface area contributed by atoms with Crippen LogP contribution in [-0.2, 0) is 4.74 Å². The van der Waals surface area contributed by atoms with Crippen LogP contribution in [0.1, 0.15) is 20.8 Å². The highest BCUT2D eigenvalue weighted by Crippen LogP contribution is 2.31. The van der Waals surface area contributed by atoms with Crippen LogP contribution in [0.5, 0.6) is 5.75 Å². The number of esters is 1. The normalized spacial score (nSPS) is 13.2. The lowest BCUT2D eigenvalue weighted by Gasteiger charge is -2.16. The number of aromatic nitrogens is 2. The van der Waals surface area contributed by atoms with Crippen molar-refractivity contribution in [1.82, 2.24) is 9.66 Å². The minimum Gasteiger partial charge on any atom is -0.497 e. The third-order valence-corrected chi connectivity index (χ3v) is 6.35. The summed E-state index contributed by atoms with van der Waals surface area (Å²) in [5, 5.41) is 5.44. The van der Waals surface area contributed by atoms with Gasteiger partial charge in [0.2, 0.25) is 0 Å². The Morgan fingerprint density at radius 2 is 2.11 bits per heavy atom. The first-order chi connectivity index (χ1) is 13.0. The predicted molar refractivity (Wildman–Crippen MR) is 106 cm³/mol. The highest BCUT2D eigenvalue weighted by atomic mass is 32.2. The number of rotatable bonds is 3. The molecule has 0 fully saturated rings. The second kappa shape index (κ2) is 6.82. The Morgan fingerprint density at radius 3 is 2.85 bits per heavy atom. The zero-order valence-corrected chi connectivity index (χ0v) is 16.4. The smallest absolute Gasteiger partial charge is 0.348 e. The minimum absolute atomic E-state index is 0.286. The maximum atomic E-state index is 13.1. The number of methoxy groups -OCH3 is 2. The molecule has 7 nitrogen and oxygen atoms in total. The fourth-order valence-corrected chi connectivity index (χ4v) is 4.89. The quantitative estimate of drug-likeness (QED) is 0.496. The summed E-state index contributed by atoms with van der Waals surface area (Å²) in [7, 11) is 2.92. The summed E-state index contributed by atoms with van der Waals surface area (Å²) >= 11 is 2.60. The minimum atomic E-state index is -0.467. The number of fused-ring (bicyclic) bond motifs is 2. The molecule has 0 atom stereocenters. The molecule has 0 saturated carbocycles. The first kappa shape index (κ1) is 17.7. The second-order valence-corrected chi connectivity index (χ2v) is 7.75. The Labute approximate surface area is 162 Å². The summed E-state index contributed by atoms with van der Waals surface area (Å²) in [6, 6.07) is 7.54. The molecule has 9 heteroatoms. The van der Waals surface area contributed by atoms with Crippen molar-refractivity contribution in [3.8, 4) is 5.75 Å². The van der Waals surface area contributed by atoms with Gasteiger partial charge in [-0.15, -0.1) is 11.3 Å². The Bertz CT molecular complexity index is 1160. The summed E-state index contributed by atoms with van der Waals surface area (Å²) in [6.07, 6.45) is 0. The summed E-state index contributed by atoms with van der Waals surface area (Å²) in [4.78, 5) is 30.4. The molecule has 1 aliphatic heterocycles. The molecule has 3 aromatic rings. The standard InChI is InChI=1S/C18H15N3O4S2/c1-9-13-15(27-14(9)17(23)25-3)19-18-21(16(13)22)20-12(8-26-18)10-5-4-6-11(7-10)24-2/h4-7H,8H2,1-3H3. The molecule has 138 valence electrons. The van der Waals surface area contributed by atoms with E-state index < -0.39 is 5.97 Å². The number of aryl methyl sites for hydroxylation is 1. The molecule has 3 heterocycles. The molecule has 2 aromatic heterocycles. The number of benzene rings is 1. The van der Waals surface area contributed by atoms with Gasteiger partial charge >= 0.3 is 5.97 Å². The molecule has 0 saturated heterocycles. The highest BCUT2D eigenvalue weighted by Gasteiger charge is 2.24. The van der Waals surface area contributed by atoms with Crippen LogP contribution in [0, 0.1) is 6.92 Å². The molecular weight excluding hydrogens is 386 g/mol. The van der Waals surface area contributed by atoms with E-state index in [9.17, 15) is 9.59 Å². The number of carbonyl (C=O) groups excluding carboxylic acids is 1. The van der Waals surface area contributed by atoms with E-state index in [1.165, 1.54) is 34.9 Å². The topological polar surface area (TPSA) is 82.8 Å². The van der Waals surface area contributed by atoms with Gasteiger partial charge in [0.25, 0.3) is 5.56 Å². The van der Waals surface area contributed by atoms with Crippen LogP contribution in [0.4, 0.5) is 0 Å². The van der Waals surface area contributed by atoms with Crippen LogP contribution in [0.15, 0.2) is 39.3 Å². The van der Waals surface area contributed by atoms with Crippen LogP contribution in [-0.4, -0.2) is 41.3 Å². The monoisotopic (exact) mass is 401 g/mol. The van der Waals surface area contributed by atoms with Crippen molar-refractivity contribution in [2.75, 3.05) is 20.0 Å². The average molecular weight is 401 g/mol. The van der Waals surface area contributed by atoms with Gasteiger partial charge in [-0.05, 0) is 24.6 Å². The first-order valence-corrected chi connectivity index (χ1v) is 9.83. The van der Waals surface area contributed by atoms with Gasteiger partial charge in [0, 0.05) is 11.3 Å². The van der Waals surface area contributed by atoms with E-state index in [2.05, 4.69) is 10.1 Å². The van der Waals surface area contributed by atoms with Crippen LogP contribution < -0.4 is 10.3 Å². The third kappa shape index (κ3) is 2.92. The van der Waals surface area contributed by atoms with Gasteiger partial charge < -0.3 is 9.47 Å². The van der Waals surface area contributed by atoms with Crippen LogP contribution in [0.25, 0.3) is 10.2 Å². The molecule has 27 heavy (non-hydrogen) atoms. The SMILES string of the molecule is COC(=O)c1sc2nc3n(c(=O)c2c1C)N=C(c1cccc(OC)c1)CS3. The Kier molecular flexibility index (Phi) is 4.48. The number of carbonyl (C=O) groups is 1. The number of hydrogen-bond donors (Lipinski definition) is 0. The van der Waals surface area contributed by atoms with E-state index in [4.69, 9.17) is 9.47 Å². The Hall–Kier alpha value is -2.65. The van der Waals surface area contributed by atoms with E-state index in [0.29, 0.717) is 31.6 Å². The zero-order chi connectivity index (χ0) is 19.1. The maximum Gasteiger partial charge on any atom is 0.348 e. The average Bonchev–Trinajstić information content (AvgIpc) is 3.04. The molecule has 1 aliphatic rings. The lowest BCUT2D eigenvalue weighted by atomic mass is 10.1. The molecule has 0 aliphatic carbocycles. The molecule has 0 amide bonds. The fourth-order valence-electron chi connectivity index (χ4n) is 2.85. The van der Waals surface area contributed by atoms with Crippen molar-refractivity contribution >= 4 is 45.0 Å². The van der Waals surface area contributed by atoms with Crippen LogP contribution in [0.3, 0.4) is 0 Å². The van der Waals surface area contributed by atoms with Gasteiger partial charge in [0.05, 0.1) is 25.3 Å². The largest absolute Gasteiger partial charge is 0.497 e. The van der Waals surface area contributed by atoms with E-state index in [1.54, 1.807) is 14.0 Å². The maximum absolute atomic E-state index is 13.1. The van der Waals surface area contributed by atoms with Gasteiger partial charge in [0.1, 0.15) is 15.5 Å². The van der Waals surface area contributed by atoms with E-state index in [-0.39, 0.29) is 5.56 Å². The van der Waals surface area contributed by atoms with Gasteiger partial charge in [0.15, 0.2) is 5.16 Å². The van der Waals surface area contributed by atoms with Crippen molar-refractivity contribution in [2.45, 2.75) is 12.1 Å². The summed E-state index contributed by atoms with van der Waals surface area (Å²) in [5.74, 6) is 0.841. The number of ether oxygens (including phenoxy) is 2. The van der Waals surface area contributed by atoms with Crippen molar-refractivity contribution in [3.63, 3.8) is 0 Å². The van der Waals surface area contributed by atoms with Crippen LogP contribution in [0.2, 0.25) is 0 Å². The molecule has 0 N–H and O–H groups in total. The van der Waals surface area contributed by atoms with Crippen LogP contribution >= 0.6 is 23.1 Å². The summed E-state index contributed by atoms with van der Waals surface area (Å²) in [5.41, 5.74) is 1.93. The highest BCUT2D eigenvalue weighted by molar-refractivity contribution is 7.99. The molecule has 0 bridgehead atoms. The van der Waals surface area contributed by atoms with Crippen molar-refractivity contribution < 1.29 is 14.3 Å². The van der Waals surface area contributed by atoms with Crippen molar-refractivity contribution in [3.05, 3.63) is 50.6 Å². The first-order valence-electron chi connectivity index (χ1n) is 8.03.